The zero-order valence-corrected chi connectivity index (χ0v) is 10.1. The van der Waals surface area contributed by atoms with E-state index in [0.29, 0.717) is 13.1 Å². The maximum atomic E-state index is 13.0. The second-order valence-electron chi connectivity index (χ2n) is 3.42. The van der Waals surface area contributed by atoms with Crippen molar-refractivity contribution in [2.24, 2.45) is 0 Å². The zero-order valence-electron chi connectivity index (χ0n) is 8.54. The van der Waals surface area contributed by atoms with Crippen molar-refractivity contribution in [3.05, 3.63) is 58.2 Å². The molecule has 0 aliphatic rings. The van der Waals surface area contributed by atoms with Crippen LogP contribution in [-0.4, -0.2) is 0 Å². The van der Waals surface area contributed by atoms with E-state index in [-0.39, 0.29) is 5.82 Å². The summed E-state index contributed by atoms with van der Waals surface area (Å²) < 4.78 is 19.1. The molecule has 84 valence electrons. The highest BCUT2D eigenvalue weighted by Crippen LogP contribution is 2.17. The molecule has 0 radical (unpaired) electrons. The lowest BCUT2D eigenvalue weighted by Gasteiger charge is -2.05. The van der Waals surface area contributed by atoms with Crippen LogP contribution in [0.4, 0.5) is 4.39 Å². The lowest BCUT2D eigenvalue weighted by Crippen LogP contribution is -2.12. The summed E-state index contributed by atoms with van der Waals surface area (Å²) in [5, 5.41) is 3.18. The standard InChI is InChI=1S/C12H11BrFNO/c13-12-4-3-10(14)6-9(12)7-15-8-11-2-1-5-16-11/h1-6,15H,7-8H2. The van der Waals surface area contributed by atoms with Crippen LogP contribution in [0.15, 0.2) is 45.5 Å². The highest BCUT2D eigenvalue weighted by atomic mass is 79.9. The Kier molecular flexibility index (Phi) is 3.74. The molecule has 1 heterocycles. The molecule has 0 saturated carbocycles. The average Bonchev–Trinajstić information content (AvgIpc) is 2.76. The Bertz CT molecular complexity index is 456. The van der Waals surface area contributed by atoms with Crippen LogP contribution in [0.5, 0.6) is 0 Å². The first-order valence-corrected chi connectivity index (χ1v) is 5.72. The van der Waals surface area contributed by atoms with Crippen molar-refractivity contribution in [2.75, 3.05) is 0 Å². The third-order valence-corrected chi connectivity index (χ3v) is 2.98. The number of hydrogen-bond acceptors (Lipinski definition) is 2. The Balaban J connectivity index is 1.92. The first-order chi connectivity index (χ1) is 7.75. The molecule has 0 bridgehead atoms. The molecule has 1 aromatic carbocycles. The topological polar surface area (TPSA) is 25.2 Å². The monoisotopic (exact) mass is 283 g/mol. The molecular formula is C12H11BrFNO. The van der Waals surface area contributed by atoms with Crippen molar-refractivity contribution < 1.29 is 8.81 Å². The van der Waals surface area contributed by atoms with Crippen molar-refractivity contribution in [3.63, 3.8) is 0 Å². The van der Waals surface area contributed by atoms with Crippen LogP contribution < -0.4 is 5.32 Å². The Morgan fingerprint density at radius 1 is 1.25 bits per heavy atom. The molecule has 4 heteroatoms. The minimum atomic E-state index is -0.224. The lowest BCUT2D eigenvalue weighted by atomic mass is 10.2. The molecule has 0 saturated heterocycles. The highest BCUT2D eigenvalue weighted by molar-refractivity contribution is 9.10. The third-order valence-electron chi connectivity index (χ3n) is 2.20. The number of hydrogen-bond donors (Lipinski definition) is 1. The summed E-state index contributed by atoms with van der Waals surface area (Å²) in [6, 6.07) is 8.39. The van der Waals surface area contributed by atoms with Crippen molar-refractivity contribution in [1.82, 2.24) is 5.32 Å². The van der Waals surface area contributed by atoms with E-state index in [0.717, 1.165) is 15.8 Å². The van der Waals surface area contributed by atoms with E-state index in [2.05, 4.69) is 21.2 Å². The molecule has 0 unspecified atom stereocenters. The summed E-state index contributed by atoms with van der Waals surface area (Å²) in [4.78, 5) is 0. The number of nitrogens with one attached hydrogen (secondary N) is 1. The smallest absolute Gasteiger partial charge is 0.123 e. The van der Waals surface area contributed by atoms with Gasteiger partial charge >= 0.3 is 0 Å². The van der Waals surface area contributed by atoms with E-state index in [4.69, 9.17) is 4.42 Å². The Labute approximate surface area is 102 Å². The van der Waals surface area contributed by atoms with Crippen LogP contribution in [-0.2, 0) is 13.1 Å². The Morgan fingerprint density at radius 3 is 2.88 bits per heavy atom. The largest absolute Gasteiger partial charge is 0.468 e. The molecule has 0 aliphatic carbocycles. The SMILES string of the molecule is Fc1ccc(Br)c(CNCc2ccco2)c1. The van der Waals surface area contributed by atoms with Gasteiger partial charge in [0.15, 0.2) is 0 Å². The summed E-state index contributed by atoms with van der Waals surface area (Å²) in [5.74, 6) is 0.644. The van der Waals surface area contributed by atoms with E-state index in [1.54, 1.807) is 12.3 Å². The second-order valence-corrected chi connectivity index (χ2v) is 4.27. The zero-order chi connectivity index (χ0) is 11.4. The maximum Gasteiger partial charge on any atom is 0.123 e. The highest BCUT2D eigenvalue weighted by Gasteiger charge is 2.02. The van der Waals surface area contributed by atoms with Crippen LogP contribution in [0.2, 0.25) is 0 Å². The number of benzene rings is 1. The molecule has 1 N–H and O–H groups in total. The number of rotatable bonds is 4. The maximum absolute atomic E-state index is 13.0. The predicted molar refractivity (Wildman–Crippen MR) is 63.4 cm³/mol. The van der Waals surface area contributed by atoms with E-state index in [1.807, 2.05) is 12.1 Å². The van der Waals surface area contributed by atoms with E-state index < -0.39 is 0 Å². The summed E-state index contributed by atoms with van der Waals surface area (Å²) in [6.07, 6.45) is 1.63. The molecule has 1 aromatic heterocycles. The molecule has 0 spiro atoms. The molecule has 16 heavy (non-hydrogen) atoms. The van der Waals surface area contributed by atoms with E-state index >= 15 is 0 Å². The summed E-state index contributed by atoms with van der Waals surface area (Å²) in [6.45, 7) is 1.23. The van der Waals surface area contributed by atoms with Crippen LogP contribution >= 0.6 is 15.9 Å². The number of furan rings is 1. The number of halogens is 2. The summed E-state index contributed by atoms with van der Waals surface area (Å²) >= 11 is 3.38. The van der Waals surface area contributed by atoms with Crippen LogP contribution in [0.1, 0.15) is 11.3 Å². The molecule has 0 atom stereocenters. The minimum Gasteiger partial charge on any atom is -0.468 e. The van der Waals surface area contributed by atoms with Gasteiger partial charge in [-0.1, -0.05) is 15.9 Å². The molecule has 0 aliphatic heterocycles. The van der Waals surface area contributed by atoms with Gasteiger partial charge in [0.1, 0.15) is 11.6 Å². The molecular weight excluding hydrogens is 273 g/mol. The van der Waals surface area contributed by atoms with E-state index in [9.17, 15) is 4.39 Å². The third kappa shape index (κ3) is 2.93. The van der Waals surface area contributed by atoms with Crippen molar-refractivity contribution in [3.8, 4) is 0 Å². The van der Waals surface area contributed by atoms with Gasteiger partial charge in [-0.15, -0.1) is 0 Å². The second kappa shape index (κ2) is 5.27. The first-order valence-electron chi connectivity index (χ1n) is 4.93. The van der Waals surface area contributed by atoms with Crippen LogP contribution in [0.25, 0.3) is 0 Å². The van der Waals surface area contributed by atoms with Gasteiger partial charge in [0.05, 0.1) is 12.8 Å². The normalized spacial score (nSPS) is 10.6. The Hall–Kier alpha value is -1.13. The van der Waals surface area contributed by atoms with Crippen molar-refractivity contribution in [1.29, 1.82) is 0 Å². The first kappa shape index (κ1) is 11.4. The Morgan fingerprint density at radius 2 is 2.12 bits per heavy atom. The fourth-order valence-corrected chi connectivity index (χ4v) is 1.80. The summed E-state index contributed by atoms with van der Waals surface area (Å²) in [5.41, 5.74) is 0.895. The van der Waals surface area contributed by atoms with Gasteiger partial charge in [-0.25, -0.2) is 4.39 Å². The quantitative estimate of drug-likeness (QED) is 0.930. The van der Waals surface area contributed by atoms with Crippen LogP contribution in [0, 0.1) is 5.82 Å². The van der Waals surface area contributed by atoms with Gasteiger partial charge in [0.25, 0.3) is 0 Å². The lowest BCUT2D eigenvalue weighted by molar-refractivity contribution is 0.482. The van der Waals surface area contributed by atoms with Crippen LogP contribution in [0.3, 0.4) is 0 Å². The van der Waals surface area contributed by atoms with Gasteiger partial charge < -0.3 is 9.73 Å². The van der Waals surface area contributed by atoms with Gasteiger partial charge in [-0.05, 0) is 35.9 Å². The minimum absolute atomic E-state index is 0.224. The fourth-order valence-electron chi connectivity index (χ4n) is 1.41. The fraction of sp³-hybridized carbons (Fsp3) is 0.167. The van der Waals surface area contributed by atoms with Gasteiger partial charge in [-0.2, -0.15) is 0 Å². The summed E-state index contributed by atoms with van der Waals surface area (Å²) in [7, 11) is 0. The average molecular weight is 284 g/mol. The molecule has 2 nitrogen and oxygen atoms in total. The molecule has 0 amide bonds. The molecule has 2 aromatic rings. The predicted octanol–water partition coefficient (Wildman–Crippen LogP) is 3.47. The van der Waals surface area contributed by atoms with Crippen molar-refractivity contribution >= 4 is 15.9 Å². The molecule has 2 rings (SSSR count). The van der Waals surface area contributed by atoms with Gasteiger partial charge in [-0.3, -0.25) is 0 Å². The molecule has 0 fully saturated rings. The van der Waals surface area contributed by atoms with Crippen molar-refractivity contribution in [2.45, 2.75) is 13.1 Å². The van der Waals surface area contributed by atoms with E-state index in [1.165, 1.54) is 12.1 Å². The van der Waals surface area contributed by atoms with Gasteiger partial charge in [0.2, 0.25) is 0 Å². The van der Waals surface area contributed by atoms with Gasteiger partial charge in [0, 0.05) is 11.0 Å².